The number of hydrogen-bond donors (Lipinski definition) is 2. The fourth-order valence-electron chi connectivity index (χ4n) is 1.10. The summed E-state index contributed by atoms with van der Waals surface area (Å²) in [6.45, 7) is 0.373. The van der Waals surface area contributed by atoms with Crippen molar-refractivity contribution in [2.75, 3.05) is 11.1 Å². The summed E-state index contributed by atoms with van der Waals surface area (Å²) in [5.41, 5.74) is 6.09. The highest BCUT2D eigenvalue weighted by Gasteiger charge is 2.03. The molecule has 0 bridgehead atoms. The van der Waals surface area contributed by atoms with Crippen LogP contribution in [0.4, 0.5) is 11.5 Å². The predicted molar refractivity (Wildman–Crippen MR) is 55.0 cm³/mol. The van der Waals surface area contributed by atoms with Crippen molar-refractivity contribution in [1.29, 1.82) is 5.26 Å². The molecule has 0 atom stereocenters. The molecule has 0 amide bonds. The van der Waals surface area contributed by atoms with Crippen molar-refractivity contribution in [1.82, 2.24) is 15.1 Å². The number of rotatable bonds is 3. The molecule has 0 unspecified atom stereocenters. The smallest absolute Gasteiger partial charge is 0.213 e. The minimum absolute atomic E-state index is 0.193. The van der Waals surface area contributed by atoms with E-state index in [1.807, 2.05) is 6.07 Å². The van der Waals surface area contributed by atoms with E-state index >= 15 is 0 Å². The van der Waals surface area contributed by atoms with E-state index in [9.17, 15) is 0 Å². The fraction of sp³-hybridized carbons (Fsp3) is 0.111. The number of nitrogens with zero attached hydrogens (tertiary/aromatic N) is 4. The van der Waals surface area contributed by atoms with Gasteiger partial charge in [0.15, 0.2) is 11.5 Å². The van der Waals surface area contributed by atoms with Crippen LogP contribution in [0.1, 0.15) is 11.5 Å². The lowest BCUT2D eigenvalue weighted by Crippen LogP contribution is -2.04. The van der Waals surface area contributed by atoms with E-state index in [4.69, 9.17) is 11.0 Å². The van der Waals surface area contributed by atoms with Crippen molar-refractivity contribution in [2.45, 2.75) is 6.54 Å². The lowest BCUT2D eigenvalue weighted by Gasteiger charge is -2.03. The number of nitrogen functional groups attached to an aromatic ring is 1. The van der Waals surface area contributed by atoms with E-state index in [1.54, 1.807) is 12.1 Å². The van der Waals surface area contributed by atoms with E-state index in [0.29, 0.717) is 23.9 Å². The van der Waals surface area contributed by atoms with Gasteiger partial charge in [-0.05, 0) is 12.1 Å². The predicted octanol–water partition coefficient (Wildman–Crippen LogP) is 0.531. The highest BCUT2D eigenvalue weighted by molar-refractivity contribution is 5.54. The highest BCUT2D eigenvalue weighted by atomic mass is 16.5. The SMILES string of the molecule is N#Cc1nc(NCc2ncon2)ccc1N. The average molecular weight is 216 g/mol. The van der Waals surface area contributed by atoms with Gasteiger partial charge in [0.25, 0.3) is 0 Å². The first-order valence-corrected chi connectivity index (χ1v) is 4.45. The second-order valence-corrected chi connectivity index (χ2v) is 2.95. The summed E-state index contributed by atoms with van der Waals surface area (Å²) >= 11 is 0. The zero-order chi connectivity index (χ0) is 11.4. The Kier molecular flexibility index (Phi) is 2.65. The average Bonchev–Trinajstić information content (AvgIpc) is 2.81. The van der Waals surface area contributed by atoms with Crippen LogP contribution in [-0.4, -0.2) is 15.1 Å². The largest absolute Gasteiger partial charge is 0.396 e. The molecule has 7 nitrogen and oxygen atoms in total. The van der Waals surface area contributed by atoms with Gasteiger partial charge in [-0.25, -0.2) is 4.98 Å². The molecule has 3 N–H and O–H groups in total. The van der Waals surface area contributed by atoms with Crippen LogP contribution in [0.3, 0.4) is 0 Å². The minimum Gasteiger partial charge on any atom is -0.396 e. The van der Waals surface area contributed by atoms with Crippen LogP contribution in [0.15, 0.2) is 23.0 Å². The summed E-state index contributed by atoms with van der Waals surface area (Å²) in [4.78, 5) is 7.84. The lowest BCUT2D eigenvalue weighted by molar-refractivity contribution is 0.411. The molecule has 2 aromatic rings. The van der Waals surface area contributed by atoms with Gasteiger partial charge in [-0.2, -0.15) is 10.2 Å². The minimum atomic E-state index is 0.193. The Bertz CT molecular complexity index is 515. The van der Waals surface area contributed by atoms with Gasteiger partial charge in [0.1, 0.15) is 11.9 Å². The molecule has 0 radical (unpaired) electrons. The zero-order valence-electron chi connectivity index (χ0n) is 8.21. The molecule has 7 heteroatoms. The number of aromatic nitrogens is 3. The Balaban J connectivity index is 2.08. The molecule has 0 saturated heterocycles. The van der Waals surface area contributed by atoms with Crippen molar-refractivity contribution in [3.63, 3.8) is 0 Å². The Morgan fingerprint density at radius 1 is 1.50 bits per heavy atom. The molecule has 16 heavy (non-hydrogen) atoms. The first-order valence-electron chi connectivity index (χ1n) is 4.45. The summed E-state index contributed by atoms with van der Waals surface area (Å²) in [5, 5.41) is 15.3. The van der Waals surface area contributed by atoms with Gasteiger partial charge in [-0.1, -0.05) is 5.16 Å². The normalized spacial score (nSPS) is 9.69. The van der Waals surface area contributed by atoms with Crippen LogP contribution in [0.2, 0.25) is 0 Å². The number of pyridine rings is 1. The molecule has 0 fully saturated rings. The zero-order valence-corrected chi connectivity index (χ0v) is 8.21. The molecule has 0 aliphatic rings. The summed E-state index contributed by atoms with van der Waals surface area (Å²) in [5.74, 6) is 1.05. The maximum atomic E-state index is 8.74. The number of nitrogens with two attached hydrogens (primary N) is 1. The van der Waals surface area contributed by atoms with Gasteiger partial charge in [-0.15, -0.1) is 0 Å². The standard InChI is InChI=1S/C9H8N6O/c10-3-7-6(11)1-2-8(14-7)12-4-9-13-5-16-15-9/h1-2,5H,4,11H2,(H,12,14). The Morgan fingerprint density at radius 2 is 2.38 bits per heavy atom. The Hall–Kier alpha value is -2.62. The molecular formula is C9H8N6O. The van der Waals surface area contributed by atoms with Crippen molar-refractivity contribution in [2.24, 2.45) is 0 Å². The van der Waals surface area contributed by atoms with Gasteiger partial charge >= 0.3 is 0 Å². The van der Waals surface area contributed by atoms with E-state index in [2.05, 4.69) is 25.0 Å². The molecule has 2 heterocycles. The third-order valence-electron chi connectivity index (χ3n) is 1.87. The third-order valence-corrected chi connectivity index (χ3v) is 1.87. The van der Waals surface area contributed by atoms with Crippen LogP contribution in [0.5, 0.6) is 0 Å². The molecule has 0 spiro atoms. The van der Waals surface area contributed by atoms with Crippen molar-refractivity contribution < 1.29 is 4.52 Å². The van der Waals surface area contributed by atoms with Gasteiger partial charge in [0, 0.05) is 0 Å². The molecule has 0 saturated carbocycles. The second-order valence-electron chi connectivity index (χ2n) is 2.95. The quantitative estimate of drug-likeness (QED) is 0.769. The van der Waals surface area contributed by atoms with Gasteiger partial charge in [0.2, 0.25) is 6.39 Å². The van der Waals surface area contributed by atoms with Gasteiger partial charge < -0.3 is 15.6 Å². The highest BCUT2D eigenvalue weighted by Crippen LogP contribution is 2.12. The molecular weight excluding hydrogens is 208 g/mol. The van der Waals surface area contributed by atoms with E-state index < -0.39 is 0 Å². The monoisotopic (exact) mass is 216 g/mol. The molecule has 2 rings (SSSR count). The fourth-order valence-corrected chi connectivity index (χ4v) is 1.10. The maximum Gasteiger partial charge on any atom is 0.213 e. The van der Waals surface area contributed by atoms with E-state index in [-0.39, 0.29) is 5.69 Å². The summed E-state index contributed by atoms with van der Waals surface area (Å²) < 4.78 is 4.57. The first kappa shape index (κ1) is 9.92. The molecule has 80 valence electrons. The lowest BCUT2D eigenvalue weighted by atomic mass is 10.3. The number of hydrogen-bond acceptors (Lipinski definition) is 7. The number of anilines is 2. The second kappa shape index (κ2) is 4.27. The molecule has 0 aliphatic heterocycles. The van der Waals surface area contributed by atoms with Crippen LogP contribution in [-0.2, 0) is 6.54 Å². The molecule has 2 aromatic heterocycles. The molecule has 0 aromatic carbocycles. The van der Waals surface area contributed by atoms with Crippen LogP contribution >= 0.6 is 0 Å². The third kappa shape index (κ3) is 2.06. The van der Waals surface area contributed by atoms with Crippen LogP contribution in [0, 0.1) is 11.3 Å². The number of nitriles is 1. The number of nitrogens with one attached hydrogen (secondary N) is 1. The maximum absolute atomic E-state index is 8.74. The Morgan fingerprint density at radius 3 is 3.06 bits per heavy atom. The van der Waals surface area contributed by atoms with Crippen molar-refractivity contribution in [3.05, 3.63) is 30.0 Å². The summed E-state index contributed by atoms with van der Waals surface area (Å²) in [7, 11) is 0. The van der Waals surface area contributed by atoms with Crippen molar-refractivity contribution in [3.8, 4) is 6.07 Å². The van der Waals surface area contributed by atoms with Gasteiger partial charge in [0.05, 0.1) is 12.2 Å². The van der Waals surface area contributed by atoms with E-state index in [1.165, 1.54) is 6.39 Å². The van der Waals surface area contributed by atoms with Gasteiger partial charge in [-0.3, -0.25) is 0 Å². The molecule has 0 aliphatic carbocycles. The topological polar surface area (TPSA) is 114 Å². The first-order chi connectivity index (χ1) is 7.79. The van der Waals surface area contributed by atoms with Crippen LogP contribution < -0.4 is 11.1 Å². The summed E-state index contributed by atoms with van der Waals surface area (Å²) in [6.07, 6.45) is 1.24. The van der Waals surface area contributed by atoms with E-state index in [0.717, 1.165) is 0 Å². The van der Waals surface area contributed by atoms with Crippen LogP contribution in [0.25, 0.3) is 0 Å². The summed E-state index contributed by atoms with van der Waals surface area (Å²) in [6, 6.07) is 5.19. The van der Waals surface area contributed by atoms with Crippen molar-refractivity contribution >= 4 is 11.5 Å². The Labute approximate surface area is 90.9 Å².